The average Bonchev–Trinajstić information content (AvgIpc) is 3.31. The lowest BCUT2D eigenvalue weighted by Gasteiger charge is -2.03. The van der Waals surface area contributed by atoms with Crippen LogP contribution in [0.1, 0.15) is 16.2 Å². The van der Waals surface area contributed by atoms with E-state index in [9.17, 15) is 9.59 Å². The van der Waals surface area contributed by atoms with E-state index in [1.54, 1.807) is 41.7 Å². The Kier molecular flexibility index (Phi) is 3.91. The molecule has 7 heteroatoms. The molecule has 0 fully saturated rings. The SMILES string of the molecule is O=C(NCc1cc(-c2cccs2)on1)c1cc(=O)c2ccccc2o1. The van der Waals surface area contributed by atoms with Gasteiger partial charge in [0.15, 0.2) is 16.9 Å². The van der Waals surface area contributed by atoms with Gasteiger partial charge in [-0.2, -0.15) is 0 Å². The normalized spacial score (nSPS) is 10.9. The topological polar surface area (TPSA) is 85.3 Å². The van der Waals surface area contributed by atoms with Gasteiger partial charge < -0.3 is 14.3 Å². The molecular formula is C18H12N2O4S. The molecule has 124 valence electrons. The second-order valence-corrected chi connectivity index (χ2v) is 6.26. The molecule has 0 saturated heterocycles. The minimum absolute atomic E-state index is 0.0364. The standard InChI is InChI=1S/C18H12N2O4S/c21-13-9-16(23-14-5-2-1-4-12(13)14)18(22)19-10-11-8-15(24-20-11)17-6-3-7-25-17/h1-9H,10H2,(H,19,22). The molecule has 3 heterocycles. The summed E-state index contributed by atoms with van der Waals surface area (Å²) >= 11 is 1.54. The number of fused-ring (bicyclic) bond motifs is 1. The van der Waals surface area contributed by atoms with Gasteiger partial charge in [0.2, 0.25) is 0 Å². The van der Waals surface area contributed by atoms with Gasteiger partial charge >= 0.3 is 0 Å². The summed E-state index contributed by atoms with van der Waals surface area (Å²) in [5, 5.41) is 8.99. The zero-order valence-corrected chi connectivity index (χ0v) is 13.7. The number of hydrogen-bond donors (Lipinski definition) is 1. The number of carbonyl (C=O) groups is 1. The second kappa shape index (κ2) is 6.37. The first-order chi connectivity index (χ1) is 12.2. The maximum Gasteiger partial charge on any atom is 0.287 e. The summed E-state index contributed by atoms with van der Waals surface area (Å²) in [5.74, 6) is 0.130. The van der Waals surface area contributed by atoms with Gasteiger partial charge in [-0.25, -0.2) is 0 Å². The molecule has 6 nitrogen and oxygen atoms in total. The molecule has 1 aromatic carbocycles. The Morgan fingerprint density at radius 2 is 2.04 bits per heavy atom. The van der Waals surface area contributed by atoms with Crippen LogP contribution in [0.4, 0.5) is 0 Å². The molecule has 0 unspecified atom stereocenters. The molecule has 0 saturated carbocycles. The van der Waals surface area contributed by atoms with E-state index in [0.29, 0.717) is 22.4 Å². The van der Waals surface area contributed by atoms with Gasteiger partial charge in [-0.1, -0.05) is 23.4 Å². The molecule has 1 N–H and O–H groups in total. The van der Waals surface area contributed by atoms with Gasteiger partial charge in [0.25, 0.3) is 5.91 Å². The first-order valence-corrected chi connectivity index (χ1v) is 8.39. The smallest absolute Gasteiger partial charge is 0.287 e. The van der Waals surface area contributed by atoms with E-state index in [1.807, 2.05) is 17.5 Å². The van der Waals surface area contributed by atoms with Crippen molar-refractivity contribution >= 4 is 28.2 Å². The Morgan fingerprint density at radius 3 is 2.88 bits per heavy atom. The van der Waals surface area contributed by atoms with Crippen molar-refractivity contribution < 1.29 is 13.7 Å². The number of rotatable bonds is 4. The van der Waals surface area contributed by atoms with Crippen LogP contribution in [-0.2, 0) is 6.54 Å². The highest BCUT2D eigenvalue weighted by molar-refractivity contribution is 7.13. The van der Waals surface area contributed by atoms with Crippen LogP contribution in [-0.4, -0.2) is 11.1 Å². The fourth-order valence-corrected chi connectivity index (χ4v) is 3.08. The summed E-state index contributed by atoms with van der Waals surface area (Å²) in [5.41, 5.74) is 0.704. The Balaban J connectivity index is 1.50. The molecule has 25 heavy (non-hydrogen) atoms. The predicted octanol–water partition coefficient (Wildman–Crippen LogP) is 3.44. The highest BCUT2D eigenvalue weighted by Gasteiger charge is 2.13. The van der Waals surface area contributed by atoms with Gasteiger partial charge in [0.05, 0.1) is 16.8 Å². The van der Waals surface area contributed by atoms with E-state index in [-0.39, 0.29) is 17.7 Å². The lowest BCUT2D eigenvalue weighted by atomic mass is 10.2. The first kappa shape index (κ1) is 15.3. The molecule has 0 aliphatic carbocycles. The van der Waals surface area contributed by atoms with Crippen molar-refractivity contribution in [2.24, 2.45) is 0 Å². The van der Waals surface area contributed by atoms with Gasteiger partial charge in [0.1, 0.15) is 11.3 Å². The Bertz CT molecular complexity index is 1100. The van der Waals surface area contributed by atoms with Crippen molar-refractivity contribution in [2.45, 2.75) is 6.54 Å². The van der Waals surface area contributed by atoms with Crippen molar-refractivity contribution in [3.8, 4) is 10.6 Å². The fraction of sp³-hybridized carbons (Fsp3) is 0.0556. The number of aromatic nitrogens is 1. The van der Waals surface area contributed by atoms with Gasteiger partial charge in [-0.05, 0) is 23.6 Å². The van der Waals surface area contributed by atoms with Crippen molar-refractivity contribution in [3.63, 3.8) is 0 Å². The maximum absolute atomic E-state index is 12.2. The number of carbonyl (C=O) groups excluding carboxylic acids is 1. The van der Waals surface area contributed by atoms with Crippen molar-refractivity contribution in [3.05, 3.63) is 75.6 Å². The minimum atomic E-state index is -0.483. The summed E-state index contributed by atoms with van der Waals surface area (Å²) in [7, 11) is 0. The fourth-order valence-electron chi connectivity index (χ4n) is 2.40. The van der Waals surface area contributed by atoms with Gasteiger partial charge in [0, 0.05) is 12.1 Å². The molecule has 0 bridgehead atoms. The third-order valence-corrected chi connectivity index (χ3v) is 4.50. The zero-order chi connectivity index (χ0) is 17.2. The first-order valence-electron chi connectivity index (χ1n) is 7.51. The predicted molar refractivity (Wildman–Crippen MR) is 93.5 cm³/mol. The quantitative estimate of drug-likeness (QED) is 0.608. The minimum Gasteiger partial charge on any atom is -0.451 e. The van der Waals surface area contributed by atoms with Crippen molar-refractivity contribution in [1.29, 1.82) is 0 Å². The Hall–Kier alpha value is -3.19. The van der Waals surface area contributed by atoms with Crippen LogP contribution in [0.25, 0.3) is 21.6 Å². The van der Waals surface area contributed by atoms with E-state index < -0.39 is 5.91 Å². The van der Waals surface area contributed by atoms with Crippen LogP contribution in [0, 0.1) is 0 Å². The molecular weight excluding hydrogens is 340 g/mol. The van der Waals surface area contributed by atoms with Crippen LogP contribution in [0.15, 0.2) is 67.6 Å². The lowest BCUT2D eigenvalue weighted by molar-refractivity contribution is 0.0923. The third kappa shape index (κ3) is 3.09. The van der Waals surface area contributed by atoms with Crippen LogP contribution in [0.2, 0.25) is 0 Å². The molecule has 0 atom stereocenters. The molecule has 4 aromatic rings. The van der Waals surface area contributed by atoms with Crippen LogP contribution >= 0.6 is 11.3 Å². The van der Waals surface area contributed by atoms with Crippen molar-refractivity contribution in [2.75, 3.05) is 0 Å². The lowest BCUT2D eigenvalue weighted by Crippen LogP contribution is -2.24. The largest absolute Gasteiger partial charge is 0.451 e. The highest BCUT2D eigenvalue weighted by Crippen LogP contribution is 2.25. The number of thiophene rings is 1. The highest BCUT2D eigenvalue weighted by atomic mass is 32.1. The maximum atomic E-state index is 12.2. The zero-order valence-electron chi connectivity index (χ0n) is 12.9. The van der Waals surface area contributed by atoms with Crippen LogP contribution in [0.5, 0.6) is 0 Å². The number of nitrogens with one attached hydrogen (secondary N) is 1. The van der Waals surface area contributed by atoms with Gasteiger partial charge in [-0.3, -0.25) is 9.59 Å². The van der Waals surface area contributed by atoms with E-state index in [2.05, 4.69) is 10.5 Å². The molecule has 4 rings (SSSR count). The number of hydrogen-bond acceptors (Lipinski definition) is 6. The van der Waals surface area contributed by atoms with Crippen molar-refractivity contribution in [1.82, 2.24) is 10.5 Å². The summed E-state index contributed by atoms with van der Waals surface area (Å²) in [4.78, 5) is 25.3. The third-order valence-electron chi connectivity index (χ3n) is 3.61. The van der Waals surface area contributed by atoms with E-state index in [4.69, 9.17) is 8.94 Å². The summed E-state index contributed by atoms with van der Waals surface area (Å²) in [6, 6.07) is 13.6. The monoisotopic (exact) mass is 352 g/mol. The molecule has 0 aliphatic rings. The Labute approximate surface area is 145 Å². The number of amides is 1. The van der Waals surface area contributed by atoms with Crippen LogP contribution in [0.3, 0.4) is 0 Å². The number of benzene rings is 1. The Morgan fingerprint density at radius 1 is 1.16 bits per heavy atom. The molecule has 0 radical (unpaired) electrons. The number of nitrogens with zero attached hydrogens (tertiary/aromatic N) is 1. The molecule has 3 aromatic heterocycles. The second-order valence-electron chi connectivity index (χ2n) is 5.31. The van der Waals surface area contributed by atoms with E-state index in [0.717, 1.165) is 4.88 Å². The van der Waals surface area contributed by atoms with E-state index >= 15 is 0 Å². The molecule has 0 spiro atoms. The molecule has 1 amide bonds. The summed E-state index contributed by atoms with van der Waals surface area (Å²) in [6.07, 6.45) is 0. The summed E-state index contributed by atoms with van der Waals surface area (Å²) in [6.45, 7) is 0.171. The molecule has 0 aliphatic heterocycles. The average molecular weight is 352 g/mol. The van der Waals surface area contributed by atoms with Gasteiger partial charge in [-0.15, -0.1) is 11.3 Å². The summed E-state index contributed by atoms with van der Waals surface area (Å²) < 4.78 is 10.8. The van der Waals surface area contributed by atoms with Crippen LogP contribution < -0.4 is 10.7 Å². The van der Waals surface area contributed by atoms with E-state index in [1.165, 1.54) is 6.07 Å². The number of para-hydroxylation sites is 1.